The summed E-state index contributed by atoms with van der Waals surface area (Å²) in [7, 11) is 0. The van der Waals surface area contributed by atoms with E-state index in [1.165, 1.54) is 27.7 Å². The lowest BCUT2D eigenvalue weighted by Crippen LogP contribution is -2.61. The zero-order chi connectivity index (χ0) is 54.3. The van der Waals surface area contributed by atoms with E-state index in [1.54, 1.807) is 0 Å². The topological polar surface area (TPSA) is 23.0 Å². The molecular weight excluding hydrogens is 1150 g/mol. The van der Waals surface area contributed by atoms with Gasteiger partial charge >= 0.3 is 71.8 Å². The lowest BCUT2D eigenvalue weighted by Gasteiger charge is -2.33. The minimum absolute atomic E-state index is 0.0262. The maximum Gasteiger partial charge on any atom is 0.460 e. The Morgan fingerprint density at radius 1 is 0.420 bits per heavy atom. The number of halogens is 27. The summed E-state index contributed by atoms with van der Waals surface area (Å²) in [5.74, 6) is -63.2. The summed E-state index contributed by atoms with van der Waals surface area (Å²) in [4.78, 5) is 0. The van der Waals surface area contributed by atoms with E-state index in [-0.39, 0.29) is 50.4 Å². The van der Waals surface area contributed by atoms with Crippen LogP contribution >= 0.6 is 72.0 Å². The molecule has 3 rings (SSSR count). The third kappa shape index (κ3) is 11.1. The molecule has 0 unspecified atom stereocenters. The number of alkyl halides is 27. The van der Waals surface area contributed by atoms with Gasteiger partial charge in [0.15, 0.2) is 9.54 Å². The van der Waals surface area contributed by atoms with Crippen LogP contribution in [0.1, 0.15) is 47.0 Å². The predicted molar refractivity (Wildman–Crippen MR) is 198 cm³/mol. The molecule has 0 spiro atoms. The lowest BCUT2D eigenvalue weighted by molar-refractivity contribution is -0.397. The van der Waals surface area contributed by atoms with Crippen molar-refractivity contribution in [1.82, 2.24) is 21.4 Å². The van der Waals surface area contributed by atoms with Crippen LogP contribution < -0.4 is 0 Å². The van der Waals surface area contributed by atoms with E-state index in [9.17, 15) is 119 Å². The number of thioether (sulfide) groups is 1. The van der Waals surface area contributed by atoms with Crippen LogP contribution in [0.5, 0.6) is 0 Å². The first-order valence-electron chi connectivity index (χ1n) is 18.1. The van der Waals surface area contributed by atoms with Gasteiger partial charge in [-0.05, 0) is 35.6 Å². The van der Waals surface area contributed by atoms with Crippen molar-refractivity contribution in [3.8, 4) is 0 Å². The molecular formula is C31H28F27N5S6. The first-order chi connectivity index (χ1) is 30.4. The Kier molecular flexibility index (Phi) is 17.2. The van der Waals surface area contributed by atoms with E-state index in [2.05, 4.69) is 0 Å². The monoisotopic (exact) mass is 1180 g/mol. The zero-order valence-corrected chi connectivity index (χ0v) is 38.9. The van der Waals surface area contributed by atoms with Crippen molar-refractivity contribution < 1.29 is 119 Å². The molecule has 1 aliphatic rings. The van der Waals surface area contributed by atoms with E-state index in [0.29, 0.717) is 28.3 Å². The maximum atomic E-state index is 14.9. The summed E-state index contributed by atoms with van der Waals surface area (Å²) in [6.07, 6.45) is -29.9. The van der Waals surface area contributed by atoms with Crippen molar-refractivity contribution >= 4 is 72.0 Å². The molecule has 69 heavy (non-hydrogen) atoms. The lowest BCUT2D eigenvalue weighted by atomic mass is 9.97. The predicted octanol–water partition coefficient (Wildman–Crippen LogP) is 16.1. The summed E-state index contributed by atoms with van der Waals surface area (Å²) in [6.45, 7) is -0.0588. The van der Waals surface area contributed by atoms with Gasteiger partial charge in [-0.1, -0.05) is 27.7 Å². The molecule has 0 aliphatic carbocycles. The van der Waals surface area contributed by atoms with E-state index in [0.717, 1.165) is 7.68 Å². The molecule has 2 aromatic heterocycles. The second kappa shape index (κ2) is 19.2. The van der Waals surface area contributed by atoms with Gasteiger partial charge in [-0.2, -0.15) is 119 Å². The largest absolute Gasteiger partial charge is 0.460 e. The average molecular weight is 1180 g/mol. The number of imidazole rings is 2. The summed E-state index contributed by atoms with van der Waals surface area (Å²) < 4.78 is 372. The highest BCUT2D eigenvalue weighted by Crippen LogP contribution is 2.59. The van der Waals surface area contributed by atoms with Crippen molar-refractivity contribution in [2.45, 2.75) is 165 Å². The van der Waals surface area contributed by atoms with Gasteiger partial charge in [0.25, 0.3) is 0 Å². The fraction of sp³-hybridized carbons (Fsp3) is 0.806. The first-order valence-corrected chi connectivity index (χ1v) is 22.2. The Bertz CT molecular complexity index is 2280. The molecule has 1 aliphatic heterocycles. The van der Waals surface area contributed by atoms with Crippen LogP contribution in [0.2, 0.25) is 0 Å². The fourth-order valence-electron chi connectivity index (χ4n) is 5.57. The van der Waals surface area contributed by atoms with Crippen LogP contribution in [0.15, 0.2) is 20.1 Å². The molecule has 3 heterocycles. The fourth-order valence-corrected chi connectivity index (χ4v) is 11.4. The van der Waals surface area contributed by atoms with Crippen LogP contribution in [0.3, 0.4) is 0 Å². The van der Waals surface area contributed by atoms with Gasteiger partial charge in [0, 0.05) is 81.3 Å². The van der Waals surface area contributed by atoms with Gasteiger partial charge in [-0.15, -0.1) is 14.9 Å². The van der Waals surface area contributed by atoms with Crippen LogP contribution in [0.4, 0.5) is 119 Å². The first kappa shape index (κ1) is 61.6. The van der Waals surface area contributed by atoms with E-state index in [1.807, 2.05) is 0 Å². The molecule has 0 amide bonds. The standard InChI is InChI=1S/C31H28F27N5S6/c1-5-66-13-14(67-63-68-15-16(69-63)62(12-19(2,3)4)18(65)61(15)11-8-22(36,37)25(42,43)28(48,49)31(56,57)58)60(10-7-21(34,35)24(40,41)27(46,47)30(53,54)55)17(64)59(13)9-6-20(32,33)23(38,39)26(44,45)29(50,51)52/h5-12H2,1-4H3. The van der Waals surface area contributed by atoms with Gasteiger partial charge in [0.05, 0.1) is 0 Å². The quantitative estimate of drug-likeness (QED) is 0.0563. The van der Waals surface area contributed by atoms with Crippen molar-refractivity contribution in [3.63, 3.8) is 0 Å². The van der Waals surface area contributed by atoms with Crippen LogP contribution in [0.25, 0.3) is 0 Å². The number of hydrogen-bond acceptors (Lipinski definition) is 7. The summed E-state index contributed by atoms with van der Waals surface area (Å²) in [6, 6.07) is 0. The van der Waals surface area contributed by atoms with Gasteiger partial charge in [-0.25, -0.2) is 0 Å². The van der Waals surface area contributed by atoms with Crippen LogP contribution in [-0.2, 0) is 26.2 Å². The zero-order valence-electron chi connectivity index (χ0n) is 34.0. The smallest absolute Gasteiger partial charge is 0.311 e. The molecule has 38 heteroatoms. The number of aromatic nitrogens is 4. The molecule has 0 bridgehead atoms. The minimum Gasteiger partial charge on any atom is -0.311 e. The Morgan fingerprint density at radius 3 is 1.01 bits per heavy atom. The number of fused-ring (bicyclic) bond motifs is 1. The molecule has 0 saturated heterocycles. The third-order valence-electron chi connectivity index (χ3n) is 9.24. The molecule has 402 valence electrons. The second-order valence-electron chi connectivity index (χ2n) is 15.6. The maximum absolute atomic E-state index is 14.9. The van der Waals surface area contributed by atoms with Crippen LogP contribution in [0, 0.1) is 15.0 Å². The molecule has 0 atom stereocenters. The van der Waals surface area contributed by atoms with E-state index >= 15 is 0 Å². The molecule has 0 radical (unpaired) electrons. The normalized spacial score (nSPS) is 16.3. The van der Waals surface area contributed by atoms with Crippen molar-refractivity contribution in [2.24, 2.45) is 5.41 Å². The second-order valence-corrected chi connectivity index (χ2v) is 21.1. The molecule has 0 N–H and O–H groups in total. The van der Waals surface area contributed by atoms with Gasteiger partial charge in [-0.3, -0.25) is 0 Å². The highest BCUT2D eigenvalue weighted by atomic mass is 32.3. The Morgan fingerprint density at radius 2 is 0.710 bits per heavy atom. The highest BCUT2D eigenvalue weighted by Gasteiger charge is 2.83. The summed E-state index contributed by atoms with van der Waals surface area (Å²) >= 11 is 11.1. The number of hydrogen-bond donors (Lipinski definition) is 0. The highest BCUT2D eigenvalue weighted by molar-refractivity contribution is 8.27. The van der Waals surface area contributed by atoms with Crippen molar-refractivity contribution in [3.05, 3.63) is 9.54 Å². The molecule has 5 nitrogen and oxygen atoms in total. The Labute approximate surface area is 396 Å². The summed E-state index contributed by atoms with van der Waals surface area (Å²) in [5, 5.41) is -2.39. The molecule has 0 aromatic carbocycles. The number of rotatable bonds is 20. The molecule has 2 aromatic rings. The molecule has 0 saturated carbocycles. The van der Waals surface area contributed by atoms with Crippen molar-refractivity contribution in [2.75, 3.05) is 5.75 Å². The average Bonchev–Trinajstić information content (AvgIpc) is 3.74. The minimum atomic E-state index is -7.47. The van der Waals surface area contributed by atoms with Crippen LogP contribution in [-0.4, -0.2) is 99.0 Å². The SMILES string of the molecule is CCSc1c(SN2Sc3c(n(CC(C)(C)C)c(=S)n3CCC(F)(F)C(F)(F)C(F)(F)C(F)(F)F)S2)n(CCC(F)(F)C(F)(F)C(F)(F)C(F)(F)F)c(=S)n1CCC(F)(F)C(F)(F)C(F)(F)C(F)(F)F. The van der Waals surface area contributed by atoms with Crippen molar-refractivity contribution in [1.29, 1.82) is 0 Å². The Balaban J connectivity index is 2.25. The van der Waals surface area contributed by atoms with E-state index < -0.39 is 141 Å². The third-order valence-corrected chi connectivity index (χ3v) is 14.9. The Hall–Kier alpha value is -1.67. The number of nitrogens with zero attached hydrogens (tertiary/aromatic N) is 5. The van der Waals surface area contributed by atoms with Gasteiger partial charge in [0.1, 0.15) is 20.1 Å². The van der Waals surface area contributed by atoms with Gasteiger partial charge in [0.2, 0.25) is 0 Å². The molecule has 0 fully saturated rings. The van der Waals surface area contributed by atoms with E-state index in [4.69, 9.17) is 24.4 Å². The summed E-state index contributed by atoms with van der Waals surface area (Å²) in [5.41, 5.74) is -0.906. The van der Waals surface area contributed by atoms with Gasteiger partial charge < -0.3 is 18.3 Å².